The van der Waals surface area contributed by atoms with Crippen LogP contribution in [0.25, 0.3) is 0 Å². The molecule has 0 aliphatic carbocycles. The number of anilines is 3. The maximum atomic E-state index is 12.5. The predicted octanol–water partition coefficient (Wildman–Crippen LogP) is 2.81. The first-order chi connectivity index (χ1) is 17.7. The number of pyridine rings is 1. The van der Waals surface area contributed by atoms with Crippen LogP contribution in [0.2, 0.25) is 0 Å². The van der Waals surface area contributed by atoms with E-state index in [2.05, 4.69) is 26.3 Å². The van der Waals surface area contributed by atoms with Crippen LogP contribution in [0.15, 0.2) is 66.9 Å². The first kappa shape index (κ1) is 26.8. The average molecular weight is 505 g/mol. The van der Waals surface area contributed by atoms with Crippen molar-refractivity contribution in [2.24, 2.45) is 5.73 Å². The SMILES string of the molecule is Cc1ccccc1NC(=O)Nc1ccc(CC(=O)Nc2ccc(C(CC(=O)O)NC(=O)CN)nc2)cc1. The first-order valence-corrected chi connectivity index (χ1v) is 11.4. The average Bonchev–Trinajstić information content (AvgIpc) is 2.86. The van der Waals surface area contributed by atoms with Gasteiger partial charge in [0.05, 0.1) is 43.0 Å². The summed E-state index contributed by atoms with van der Waals surface area (Å²) in [5, 5.41) is 19.9. The second-order valence-electron chi connectivity index (χ2n) is 8.21. The molecule has 0 bridgehead atoms. The number of nitrogens with one attached hydrogen (secondary N) is 4. The molecule has 3 rings (SSSR count). The fourth-order valence-corrected chi connectivity index (χ4v) is 3.44. The number of amides is 4. The summed E-state index contributed by atoms with van der Waals surface area (Å²) >= 11 is 0. The Morgan fingerprint density at radius 3 is 2.22 bits per heavy atom. The molecule has 1 aromatic heterocycles. The standard InChI is InChI=1S/C26H28N6O5/c1-16-4-2-3-5-20(16)32-26(37)30-18-8-6-17(7-9-18)12-23(33)29-19-10-11-21(28-15-19)22(13-25(35)36)31-24(34)14-27/h2-11,15,22H,12-14,27H2,1H3,(H,29,33)(H,31,34)(H,35,36)(H2,30,32,37). The van der Waals surface area contributed by atoms with Crippen LogP contribution < -0.4 is 27.0 Å². The number of aliphatic carboxylic acids is 1. The molecule has 37 heavy (non-hydrogen) atoms. The van der Waals surface area contributed by atoms with Crippen molar-refractivity contribution < 1.29 is 24.3 Å². The predicted molar refractivity (Wildman–Crippen MR) is 139 cm³/mol. The molecular formula is C26H28N6O5. The second kappa shape index (κ2) is 12.8. The molecular weight excluding hydrogens is 476 g/mol. The lowest BCUT2D eigenvalue weighted by atomic mass is 10.1. The van der Waals surface area contributed by atoms with E-state index in [1.165, 1.54) is 12.3 Å². The molecule has 0 spiro atoms. The number of urea groups is 1. The lowest BCUT2D eigenvalue weighted by Gasteiger charge is -2.16. The van der Waals surface area contributed by atoms with E-state index in [-0.39, 0.29) is 31.3 Å². The van der Waals surface area contributed by atoms with Crippen molar-refractivity contribution in [2.75, 3.05) is 22.5 Å². The molecule has 0 saturated heterocycles. The van der Waals surface area contributed by atoms with E-state index < -0.39 is 17.9 Å². The summed E-state index contributed by atoms with van der Waals surface area (Å²) in [6.45, 7) is 1.63. The Kier molecular flexibility index (Phi) is 9.28. The number of nitrogens with two attached hydrogens (primary N) is 1. The highest BCUT2D eigenvalue weighted by Crippen LogP contribution is 2.18. The zero-order valence-corrected chi connectivity index (χ0v) is 20.2. The highest BCUT2D eigenvalue weighted by atomic mass is 16.4. The molecule has 3 aromatic rings. The molecule has 1 heterocycles. The number of hydrogen-bond acceptors (Lipinski definition) is 6. The molecule has 1 atom stereocenters. The number of rotatable bonds is 10. The highest BCUT2D eigenvalue weighted by molar-refractivity contribution is 6.00. The lowest BCUT2D eigenvalue weighted by molar-refractivity contribution is -0.137. The van der Waals surface area contributed by atoms with Crippen molar-refractivity contribution in [1.82, 2.24) is 10.3 Å². The minimum Gasteiger partial charge on any atom is -0.481 e. The molecule has 0 fully saturated rings. The van der Waals surface area contributed by atoms with Crippen molar-refractivity contribution in [3.05, 3.63) is 83.7 Å². The third-order valence-corrected chi connectivity index (χ3v) is 5.30. The summed E-state index contributed by atoms with van der Waals surface area (Å²) in [6, 6.07) is 16.2. The van der Waals surface area contributed by atoms with Gasteiger partial charge in [0.15, 0.2) is 0 Å². The molecule has 192 valence electrons. The summed E-state index contributed by atoms with van der Waals surface area (Å²) < 4.78 is 0. The summed E-state index contributed by atoms with van der Waals surface area (Å²) in [6.07, 6.45) is 1.12. The fourth-order valence-electron chi connectivity index (χ4n) is 3.44. The van der Waals surface area contributed by atoms with Gasteiger partial charge in [-0.2, -0.15) is 0 Å². The van der Waals surface area contributed by atoms with Gasteiger partial charge in [-0.3, -0.25) is 19.4 Å². The number of carbonyl (C=O) groups excluding carboxylic acids is 3. The van der Waals surface area contributed by atoms with Crippen molar-refractivity contribution in [3.63, 3.8) is 0 Å². The summed E-state index contributed by atoms with van der Waals surface area (Å²) in [7, 11) is 0. The van der Waals surface area contributed by atoms with Crippen LogP contribution in [-0.4, -0.2) is 40.5 Å². The summed E-state index contributed by atoms with van der Waals surface area (Å²) in [5.74, 6) is -1.89. The molecule has 11 heteroatoms. The molecule has 4 amide bonds. The maximum Gasteiger partial charge on any atom is 0.323 e. The van der Waals surface area contributed by atoms with Gasteiger partial charge in [0, 0.05) is 11.4 Å². The fraction of sp³-hybridized carbons (Fsp3) is 0.192. The Balaban J connectivity index is 1.53. The minimum absolute atomic E-state index is 0.0889. The molecule has 2 aromatic carbocycles. The van der Waals surface area contributed by atoms with Crippen LogP contribution in [-0.2, 0) is 20.8 Å². The third-order valence-electron chi connectivity index (χ3n) is 5.30. The topological polar surface area (TPSA) is 176 Å². The molecule has 0 aliphatic heterocycles. The van der Waals surface area contributed by atoms with E-state index in [4.69, 9.17) is 10.8 Å². The zero-order chi connectivity index (χ0) is 26.8. The van der Waals surface area contributed by atoms with E-state index in [9.17, 15) is 19.2 Å². The van der Waals surface area contributed by atoms with Gasteiger partial charge in [-0.25, -0.2) is 4.79 Å². The normalized spacial score (nSPS) is 11.2. The number of para-hydroxylation sites is 1. The third kappa shape index (κ3) is 8.44. The van der Waals surface area contributed by atoms with Crippen LogP contribution in [0.5, 0.6) is 0 Å². The summed E-state index contributed by atoms with van der Waals surface area (Å²) in [4.78, 5) is 51.6. The molecule has 0 saturated carbocycles. The van der Waals surface area contributed by atoms with Crippen molar-refractivity contribution in [1.29, 1.82) is 0 Å². The van der Waals surface area contributed by atoms with Gasteiger partial charge in [-0.05, 0) is 48.4 Å². The Morgan fingerprint density at radius 2 is 1.59 bits per heavy atom. The van der Waals surface area contributed by atoms with Crippen molar-refractivity contribution >= 4 is 40.9 Å². The van der Waals surface area contributed by atoms with Gasteiger partial charge in [0.25, 0.3) is 0 Å². The Morgan fingerprint density at radius 1 is 0.892 bits per heavy atom. The number of benzene rings is 2. The van der Waals surface area contributed by atoms with E-state index in [1.54, 1.807) is 30.3 Å². The van der Waals surface area contributed by atoms with E-state index >= 15 is 0 Å². The van der Waals surface area contributed by atoms with Gasteiger partial charge in [0.2, 0.25) is 11.8 Å². The second-order valence-corrected chi connectivity index (χ2v) is 8.21. The smallest absolute Gasteiger partial charge is 0.323 e. The first-order valence-electron chi connectivity index (χ1n) is 11.4. The summed E-state index contributed by atoms with van der Waals surface area (Å²) in [5.41, 5.74) is 9.01. The van der Waals surface area contributed by atoms with Crippen molar-refractivity contribution in [2.45, 2.75) is 25.8 Å². The van der Waals surface area contributed by atoms with Gasteiger partial charge in [0.1, 0.15) is 0 Å². The maximum absolute atomic E-state index is 12.5. The molecule has 0 aliphatic rings. The Labute approximate surface area is 213 Å². The lowest BCUT2D eigenvalue weighted by Crippen LogP contribution is -2.35. The number of aromatic nitrogens is 1. The van der Waals surface area contributed by atoms with Crippen LogP contribution >= 0.6 is 0 Å². The minimum atomic E-state index is -1.10. The van der Waals surface area contributed by atoms with E-state index in [0.29, 0.717) is 22.8 Å². The van der Waals surface area contributed by atoms with Crippen molar-refractivity contribution in [3.8, 4) is 0 Å². The zero-order valence-electron chi connectivity index (χ0n) is 20.2. The largest absolute Gasteiger partial charge is 0.481 e. The number of carboxylic acids is 1. The molecule has 0 radical (unpaired) electrons. The monoisotopic (exact) mass is 504 g/mol. The Bertz CT molecular complexity index is 1260. The quantitative estimate of drug-likeness (QED) is 0.246. The molecule has 7 N–H and O–H groups in total. The number of hydrogen-bond donors (Lipinski definition) is 6. The van der Waals surface area contributed by atoms with E-state index in [1.807, 2.05) is 31.2 Å². The van der Waals surface area contributed by atoms with Gasteiger partial charge < -0.3 is 32.1 Å². The number of aryl methyl sites for hydroxylation is 1. The van der Waals surface area contributed by atoms with Crippen LogP contribution in [0.3, 0.4) is 0 Å². The Hall–Kier alpha value is -4.77. The van der Waals surface area contributed by atoms with E-state index in [0.717, 1.165) is 11.1 Å². The van der Waals surface area contributed by atoms with Crippen LogP contribution in [0.4, 0.5) is 21.9 Å². The van der Waals surface area contributed by atoms with Crippen LogP contribution in [0.1, 0.15) is 29.3 Å². The van der Waals surface area contributed by atoms with Gasteiger partial charge in [-0.1, -0.05) is 30.3 Å². The number of carboxylic acid groups (broad SMARTS) is 1. The van der Waals surface area contributed by atoms with Gasteiger partial charge in [-0.15, -0.1) is 0 Å². The number of nitrogens with zero attached hydrogens (tertiary/aromatic N) is 1. The van der Waals surface area contributed by atoms with Gasteiger partial charge >= 0.3 is 12.0 Å². The molecule has 11 nitrogen and oxygen atoms in total. The molecule has 1 unspecified atom stereocenters. The number of carbonyl (C=O) groups is 4. The highest BCUT2D eigenvalue weighted by Gasteiger charge is 2.19. The van der Waals surface area contributed by atoms with Crippen LogP contribution in [0, 0.1) is 6.92 Å².